The van der Waals surface area contributed by atoms with Crippen LogP contribution in [-0.4, -0.2) is 13.1 Å². The number of aryl methyl sites for hydroxylation is 2. The molecule has 1 unspecified atom stereocenters. The van der Waals surface area contributed by atoms with Gasteiger partial charge >= 0.3 is 0 Å². The zero-order valence-electron chi connectivity index (χ0n) is 8.69. The Bertz CT molecular complexity index is 326. The highest BCUT2D eigenvalue weighted by molar-refractivity contribution is 9.10. The molecule has 14 heavy (non-hydrogen) atoms. The van der Waals surface area contributed by atoms with E-state index in [1.807, 2.05) is 11.3 Å². The zero-order chi connectivity index (χ0) is 10.1. The van der Waals surface area contributed by atoms with Crippen molar-refractivity contribution in [2.45, 2.75) is 32.6 Å². The molecule has 0 radical (unpaired) electrons. The molecule has 2 rings (SSSR count). The molecule has 1 saturated heterocycles. The standard InChI is InChI=1S/C11H16BrNS/c1-7-10(11(12)8(2)14-7)9-4-3-5-13-6-9/h9,13H,3-6H2,1-2H3. The molecule has 0 aromatic carbocycles. The Morgan fingerprint density at radius 3 is 2.64 bits per heavy atom. The Morgan fingerprint density at radius 2 is 2.14 bits per heavy atom. The van der Waals surface area contributed by atoms with Gasteiger partial charge in [-0.2, -0.15) is 0 Å². The molecule has 1 aliphatic heterocycles. The molecule has 1 aliphatic rings. The van der Waals surface area contributed by atoms with Crippen molar-refractivity contribution in [2.24, 2.45) is 0 Å². The number of thiophene rings is 1. The zero-order valence-corrected chi connectivity index (χ0v) is 11.1. The van der Waals surface area contributed by atoms with Gasteiger partial charge in [0.1, 0.15) is 0 Å². The van der Waals surface area contributed by atoms with Crippen molar-refractivity contribution in [1.29, 1.82) is 0 Å². The lowest BCUT2D eigenvalue weighted by molar-refractivity contribution is 0.460. The predicted octanol–water partition coefficient (Wildman–Crippen LogP) is 3.59. The van der Waals surface area contributed by atoms with Gasteiger partial charge in [0.05, 0.1) is 0 Å². The summed E-state index contributed by atoms with van der Waals surface area (Å²) in [5, 5.41) is 3.48. The summed E-state index contributed by atoms with van der Waals surface area (Å²) in [6.07, 6.45) is 2.65. The SMILES string of the molecule is Cc1sc(C)c(C2CCCNC2)c1Br. The Balaban J connectivity index is 2.29. The van der Waals surface area contributed by atoms with E-state index in [1.165, 1.54) is 33.6 Å². The highest BCUT2D eigenvalue weighted by Gasteiger charge is 2.21. The van der Waals surface area contributed by atoms with Crippen LogP contribution in [0.3, 0.4) is 0 Å². The van der Waals surface area contributed by atoms with Crippen LogP contribution in [0.2, 0.25) is 0 Å². The molecule has 0 amide bonds. The molecule has 1 aromatic rings. The summed E-state index contributed by atoms with van der Waals surface area (Å²) >= 11 is 5.63. The van der Waals surface area contributed by atoms with E-state index in [0.29, 0.717) is 0 Å². The maximum absolute atomic E-state index is 3.72. The second kappa shape index (κ2) is 4.33. The fraction of sp³-hybridized carbons (Fsp3) is 0.636. The van der Waals surface area contributed by atoms with Crippen LogP contribution in [0, 0.1) is 13.8 Å². The number of piperidine rings is 1. The molecular weight excluding hydrogens is 258 g/mol. The highest BCUT2D eigenvalue weighted by Crippen LogP contribution is 2.39. The van der Waals surface area contributed by atoms with E-state index in [4.69, 9.17) is 0 Å². The smallest absolute Gasteiger partial charge is 0.0349 e. The second-order valence-corrected chi connectivity index (χ2v) is 6.21. The van der Waals surface area contributed by atoms with Gasteiger partial charge in [0.2, 0.25) is 0 Å². The van der Waals surface area contributed by atoms with Crippen molar-refractivity contribution in [3.8, 4) is 0 Å². The second-order valence-electron chi connectivity index (χ2n) is 3.99. The monoisotopic (exact) mass is 273 g/mol. The molecule has 0 saturated carbocycles. The van der Waals surface area contributed by atoms with Crippen molar-refractivity contribution in [3.05, 3.63) is 19.8 Å². The topological polar surface area (TPSA) is 12.0 Å². The van der Waals surface area contributed by atoms with Crippen LogP contribution >= 0.6 is 27.3 Å². The fourth-order valence-electron chi connectivity index (χ4n) is 2.24. The van der Waals surface area contributed by atoms with Gasteiger partial charge in [0.25, 0.3) is 0 Å². The van der Waals surface area contributed by atoms with E-state index in [0.717, 1.165) is 12.5 Å². The van der Waals surface area contributed by atoms with E-state index >= 15 is 0 Å². The van der Waals surface area contributed by atoms with Gasteiger partial charge in [-0.15, -0.1) is 11.3 Å². The maximum Gasteiger partial charge on any atom is 0.0349 e. The molecule has 1 fully saturated rings. The number of halogens is 1. The van der Waals surface area contributed by atoms with Gasteiger partial charge in [0, 0.05) is 20.8 Å². The first kappa shape index (κ1) is 10.7. The molecule has 1 aromatic heterocycles. The molecule has 3 heteroatoms. The minimum absolute atomic E-state index is 0.725. The molecule has 2 heterocycles. The van der Waals surface area contributed by atoms with Crippen LogP contribution in [-0.2, 0) is 0 Å². The average Bonchev–Trinajstić information content (AvgIpc) is 2.43. The van der Waals surface area contributed by atoms with Gasteiger partial charge in [-0.05, 0) is 60.6 Å². The number of rotatable bonds is 1. The van der Waals surface area contributed by atoms with Crippen molar-refractivity contribution >= 4 is 27.3 Å². The third-order valence-corrected chi connectivity index (χ3v) is 5.26. The molecule has 0 aliphatic carbocycles. The maximum atomic E-state index is 3.72. The van der Waals surface area contributed by atoms with Crippen LogP contribution in [0.25, 0.3) is 0 Å². The summed E-state index contributed by atoms with van der Waals surface area (Å²) in [5.74, 6) is 0.725. The number of hydrogen-bond donors (Lipinski definition) is 1. The van der Waals surface area contributed by atoms with Crippen LogP contribution in [0.5, 0.6) is 0 Å². The van der Waals surface area contributed by atoms with E-state index in [9.17, 15) is 0 Å². The van der Waals surface area contributed by atoms with Gasteiger partial charge in [-0.1, -0.05) is 0 Å². The minimum atomic E-state index is 0.725. The molecule has 0 spiro atoms. The van der Waals surface area contributed by atoms with Crippen LogP contribution in [0.1, 0.15) is 34.1 Å². The molecule has 1 N–H and O–H groups in total. The first-order valence-electron chi connectivity index (χ1n) is 5.16. The average molecular weight is 274 g/mol. The largest absolute Gasteiger partial charge is 0.316 e. The molecule has 1 nitrogen and oxygen atoms in total. The lowest BCUT2D eigenvalue weighted by atomic mass is 9.92. The van der Waals surface area contributed by atoms with Crippen molar-refractivity contribution in [3.63, 3.8) is 0 Å². The molecule has 1 atom stereocenters. The lowest BCUT2D eigenvalue weighted by Crippen LogP contribution is -2.28. The number of hydrogen-bond acceptors (Lipinski definition) is 2. The van der Waals surface area contributed by atoms with Crippen molar-refractivity contribution in [1.82, 2.24) is 5.32 Å². The van der Waals surface area contributed by atoms with Crippen LogP contribution in [0.4, 0.5) is 0 Å². The summed E-state index contributed by atoms with van der Waals surface area (Å²) in [7, 11) is 0. The molecular formula is C11H16BrNS. The number of nitrogens with one attached hydrogen (secondary N) is 1. The summed E-state index contributed by atoms with van der Waals surface area (Å²) in [5.41, 5.74) is 1.56. The van der Waals surface area contributed by atoms with E-state index < -0.39 is 0 Å². The van der Waals surface area contributed by atoms with Gasteiger partial charge < -0.3 is 5.32 Å². The molecule has 0 bridgehead atoms. The Labute approximate surface area is 98.0 Å². The van der Waals surface area contributed by atoms with E-state index in [1.54, 1.807) is 5.56 Å². The minimum Gasteiger partial charge on any atom is -0.316 e. The van der Waals surface area contributed by atoms with Crippen LogP contribution < -0.4 is 5.32 Å². The normalized spacial score (nSPS) is 22.6. The third-order valence-electron chi connectivity index (χ3n) is 2.94. The van der Waals surface area contributed by atoms with Gasteiger partial charge in [-0.3, -0.25) is 0 Å². The first-order valence-corrected chi connectivity index (χ1v) is 6.77. The van der Waals surface area contributed by atoms with Crippen molar-refractivity contribution in [2.75, 3.05) is 13.1 Å². The van der Waals surface area contributed by atoms with Gasteiger partial charge in [0.15, 0.2) is 0 Å². The third kappa shape index (κ3) is 1.90. The lowest BCUT2D eigenvalue weighted by Gasteiger charge is -2.23. The van der Waals surface area contributed by atoms with Gasteiger partial charge in [-0.25, -0.2) is 0 Å². The van der Waals surface area contributed by atoms with Crippen molar-refractivity contribution < 1.29 is 0 Å². The Hall–Kier alpha value is 0.140. The van der Waals surface area contributed by atoms with E-state index in [-0.39, 0.29) is 0 Å². The fourth-order valence-corrected chi connectivity index (χ4v) is 4.27. The summed E-state index contributed by atoms with van der Waals surface area (Å²) in [6.45, 7) is 6.78. The summed E-state index contributed by atoms with van der Waals surface area (Å²) < 4.78 is 1.36. The van der Waals surface area contributed by atoms with E-state index in [2.05, 4.69) is 35.1 Å². The highest BCUT2D eigenvalue weighted by atomic mass is 79.9. The Morgan fingerprint density at radius 1 is 1.36 bits per heavy atom. The molecule has 78 valence electrons. The Kier molecular flexibility index (Phi) is 3.30. The van der Waals surface area contributed by atoms with Crippen LogP contribution in [0.15, 0.2) is 4.47 Å². The quantitative estimate of drug-likeness (QED) is 0.825. The first-order chi connectivity index (χ1) is 6.70. The predicted molar refractivity (Wildman–Crippen MR) is 66.3 cm³/mol. The summed E-state index contributed by atoms with van der Waals surface area (Å²) in [6, 6.07) is 0. The summed E-state index contributed by atoms with van der Waals surface area (Å²) in [4.78, 5) is 2.91.